The van der Waals surface area contributed by atoms with Crippen LogP contribution in [0.15, 0.2) is 24.3 Å². The Morgan fingerprint density at radius 2 is 1.78 bits per heavy atom. The topological polar surface area (TPSA) is 9.23 Å². The van der Waals surface area contributed by atoms with Gasteiger partial charge in [-0.2, -0.15) is 0 Å². The van der Waals surface area contributed by atoms with Crippen LogP contribution in [-0.2, 0) is 11.2 Å². The Morgan fingerprint density at radius 3 is 2.28 bits per heavy atom. The lowest BCUT2D eigenvalue weighted by molar-refractivity contribution is -0.00831. The minimum Gasteiger partial charge on any atom is -0.376 e. The second kappa shape index (κ2) is 7.37. The van der Waals surface area contributed by atoms with Crippen LogP contribution in [0.1, 0.15) is 32.8 Å². The second-order valence-corrected chi connectivity index (χ2v) is 6.35. The van der Waals surface area contributed by atoms with E-state index in [2.05, 4.69) is 32.9 Å². The smallest absolute Gasteiger partial charge is 0.0598 e. The Morgan fingerprint density at radius 1 is 1.17 bits per heavy atom. The van der Waals surface area contributed by atoms with Crippen LogP contribution < -0.4 is 0 Å². The summed E-state index contributed by atoms with van der Waals surface area (Å²) >= 11 is 11.9. The first-order chi connectivity index (χ1) is 8.40. The van der Waals surface area contributed by atoms with Gasteiger partial charge in [-0.15, -0.1) is 11.6 Å². The van der Waals surface area contributed by atoms with Gasteiger partial charge in [0.25, 0.3) is 0 Å². The Balaban J connectivity index is 2.40. The molecule has 1 aromatic rings. The van der Waals surface area contributed by atoms with Crippen LogP contribution in [-0.4, -0.2) is 18.1 Å². The minimum atomic E-state index is -0.0723. The van der Waals surface area contributed by atoms with Gasteiger partial charge in [-0.1, -0.05) is 23.7 Å². The molecule has 0 aliphatic rings. The van der Waals surface area contributed by atoms with E-state index in [1.165, 1.54) is 5.56 Å². The third-order valence-electron chi connectivity index (χ3n) is 2.72. The van der Waals surface area contributed by atoms with Gasteiger partial charge in [-0.3, -0.25) is 0 Å². The quantitative estimate of drug-likeness (QED) is 0.674. The van der Waals surface area contributed by atoms with Crippen LogP contribution >= 0.6 is 23.2 Å². The molecule has 102 valence electrons. The van der Waals surface area contributed by atoms with Crippen molar-refractivity contribution in [3.05, 3.63) is 34.9 Å². The van der Waals surface area contributed by atoms with Crippen LogP contribution in [0.25, 0.3) is 0 Å². The Kier molecular flexibility index (Phi) is 6.48. The number of hydrogen-bond acceptors (Lipinski definition) is 1. The fraction of sp³-hybridized carbons (Fsp3) is 0.600. The summed E-state index contributed by atoms with van der Waals surface area (Å²) < 4.78 is 5.74. The summed E-state index contributed by atoms with van der Waals surface area (Å²) in [4.78, 5) is 0. The van der Waals surface area contributed by atoms with Gasteiger partial charge in [-0.25, -0.2) is 0 Å². The molecule has 3 heteroatoms. The average Bonchev–Trinajstić information content (AvgIpc) is 2.29. The molecule has 0 N–H and O–H groups in total. The van der Waals surface area contributed by atoms with Crippen LogP contribution in [0.2, 0.25) is 5.02 Å². The number of halogens is 2. The molecule has 1 nitrogen and oxygen atoms in total. The standard InChI is InChI=1S/C15H22Cl2O/c1-15(2,3)18-9-8-13(11-16)10-12-4-6-14(17)7-5-12/h4-7,13H,8-11H2,1-3H3. The zero-order valence-corrected chi connectivity index (χ0v) is 12.9. The van der Waals surface area contributed by atoms with Crippen molar-refractivity contribution in [2.24, 2.45) is 5.92 Å². The molecule has 0 amide bonds. The van der Waals surface area contributed by atoms with Crippen LogP contribution in [0.4, 0.5) is 0 Å². The van der Waals surface area contributed by atoms with Gasteiger partial charge in [-0.05, 0) is 57.2 Å². The van der Waals surface area contributed by atoms with E-state index in [4.69, 9.17) is 27.9 Å². The summed E-state index contributed by atoms with van der Waals surface area (Å²) in [6, 6.07) is 7.97. The molecule has 0 saturated carbocycles. The molecule has 1 unspecified atom stereocenters. The number of rotatable bonds is 6. The summed E-state index contributed by atoms with van der Waals surface area (Å²) in [5, 5.41) is 0.775. The lowest BCUT2D eigenvalue weighted by Gasteiger charge is -2.21. The molecule has 0 aliphatic carbocycles. The van der Waals surface area contributed by atoms with Gasteiger partial charge in [0, 0.05) is 17.5 Å². The Labute approximate surface area is 120 Å². The highest BCUT2D eigenvalue weighted by Crippen LogP contribution is 2.18. The van der Waals surface area contributed by atoms with E-state index < -0.39 is 0 Å². The molecule has 0 aromatic heterocycles. The van der Waals surface area contributed by atoms with Crippen molar-refractivity contribution in [2.45, 2.75) is 39.2 Å². The molecule has 1 atom stereocenters. The summed E-state index contributed by atoms with van der Waals surface area (Å²) in [5.74, 6) is 1.12. The van der Waals surface area contributed by atoms with Crippen molar-refractivity contribution in [3.63, 3.8) is 0 Å². The van der Waals surface area contributed by atoms with Crippen LogP contribution in [0.3, 0.4) is 0 Å². The first-order valence-corrected chi connectivity index (χ1v) is 7.26. The van der Waals surface area contributed by atoms with Crippen molar-refractivity contribution >= 4 is 23.2 Å². The lowest BCUT2D eigenvalue weighted by Crippen LogP contribution is -2.21. The lowest BCUT2D eigenvalue weighted by atomic mass is 9.98. The second-order valence-electron chi connectivity index (χ2n) is 5.60. The third kappa shape index (κ3) is 6.63. The molecule has 0 heterocycles. The molecular formula is C15H22Cl2O. The van der Waals surface area contributed by atoms with E-state index in [9.17, 15) is 0 Å². The molecule has 1 aromatic carbocycles. The largest absolute Gasteiger partial charge is 0.376 e. The maximum absolute atomic E-state index is 6.02. The maximum atomic E-state index is 6.02. The average molecular weight is 289 g/mol. The summed E-state index contributed by atoms with van der Waals surface area (Å²) in [7, 11) is 0. The SMILES string of the molecule is CC(C)(C)OCCC(CCl)Cc1ccc(Cl)cc1. The molecule has 0 saturated heterocycles. The highest BCUT2D eigenvalue weighted by Gasteiger charge is 2.13. The van der Waals surface area contributed by atoms with Crippen molar-refractivity contribution in [1.82, 2.24) is 0 Å². The van der Waals surface area contributed by atoms with E-state index in [0.717, 1.165) is 24.5 Å². The van der Waals surface area contributed by atoms with E-state index in [-0.39, 0.29) is 5.60 Å². The summed E-state index contributed by atoms with van der Waals surface area (Å²) in [5.41, 5.74) is 1.21. The zero-order chi connectivity index (χ0) is 13.6. The highest BCUT2D eigenvalue weighted by atomic mass is 35.5. The first kappa shape index (κ1) is 15.8. The number of ether oxygens (including phenoxy) is 1. The van der Waals surface area contributed by atoms with Gasteiger partial charge in [0.2, 0.25) is 0 Å². The molecule has 0 radical (unpaired) electrons. The normalized spacial score (nSPS) is 13.6. The predicted molar refractivity (Wildman–Crippen MR) is 79.7 cm³/mol. The minimum absolute atomic E-state index is 0.0723. The van der Waals surface area contributed by atoms with Gasteiger partial charge in [0.1, 0.15) is 0 Å². The molecule has 0 spiro atoms. The number of benzene rings is 1. The van der Waals surface area contributed by atoms with E-state index in [0.29, 0.717) is 11.8 Å². The van der Waals surface area contributed by atoms with Crippen molar-refractivity contribution < 1.29 is 4.74 Å². The molecular weight excluding hydrogens is 267 g/mol. The molecule has 0 bridgehead atoms. The highest BCUT2D eigenvalue weighted by molar-refractivity contribution is 6.30. The van der Waals surface area contributed by atoms with Gasteiger partial charge >= 0.3 is 0 Å². The van der Waals surface area contributed by atoms with E-state index >= 15 is 0 Å². The van der Waals surface area contributed by atoms with Gasteiger partial charge in [0.05, 0.1) is 5.60 Å². The fourth-order valence-corrected chi connectivity index (χ4v) is 2.11. The van der Waals surface area contributed by atoms with E-state index in [1.54, 1.807) is 0 Å². The zero-order valence-electron chi connectivity index (χ0n) is 11.4. The molecule has 1 rings (SSSR count). The number of alkyl halides is 1. The molecule has 18 heavy (non-hydrogen) atoms. The van der Waals surface area contributed by atoms with Crippen LogP contribution in [0, 0.1) is 5.92 Å². The first-order valence-electron chi connectivity index (χ1n) is 6.35. The molecule has 0 aliphatic heterocycles. The predicted octanol–water partition coefficient (Wildman–Crippen LogP) is 4.94. The monoisotopic (exact) mass is 288 g/mol. The van der Waals surface area contributed by atoms with Gasteiger partial charge in [0.15, 0.2) is 0 Å². The van der Waals surface area contributed by atoms with Crippen LogP contribution in [0.5, 0.6) is 0 Å². The fourth-order valence-electron chi connectivity index (χ4n) is 1.72. The van der Waals surface area contributed by atoms with Crippen molar-refractivity contribution in [3.8, 4) is 0 Å². The summed E-state index contributed by atoms with van der Waals surface area (Å²) in [6.07, 6.45) is 1.97. The van der Waals surface area contributed by atoms with Crippen molar-refractivity contribution in [2.75, 3.05) is 12.5 Å². The van der Waals surface area contributed by atoms with Gasteiger partial charge < -0.3 is 4.74 Å². The Bertz CT molecular complexity index is 341. The summed E-state index contributed by atoms with van der Waals surface area (Å²) in [6.45, 7) is 6.97. The number of hydrogen-bond donors (Lipinski definition) is 0. The third-order valence-corrected chi connectivity index (χ3v) is 3.41. The molecule has 0 fully saturated rings. The van der Waals surface area contributed by atoms with E-state index in [1.807, 2.05) is 12.1 Å². The van der Waals surface area contributed by atoms with Crippen molar-refractivity contribution in [1.29, 1.82) is 0 Å². The maximum Gasteiger partial charge on any atom is 0.0598 e. The Hall–Kier alpha value is -0.240.